The zero-order chi connectivity index (χ0) is 19.9. The van der Waals surface area contributed by atoms with Crippen molar-refractivity contribution in [3.05, 3.63) is 70.7 Å². The molecule has 0 atom stereocenters. The van der Waals surface area contributed by atoms with Crippen molar-refractivity contribution >= 4 is 23.2 Å². The predicted octanol–water partition coefficient (Wildman–Crippen LogP) is 2.74. The Morgan fingerprint density at radius 2 is 2.00 bits per heavy atom. The molecule has 0 saturated heterocycles. The molecule has 3 rings (SSSR count). The summed E-state index contributed by atoms with van der Waals surface area (Å²) >= 11 is 1.46. The SMILES string of the molecule is Cc1ccc(C(=O)NCCNC(=O)Cc2csc(-c3cccnc3)n2)cc1F. The van der Waals surface area contributed by atoms with E-state index in [1.54, 1.807) is 31.5 Å². The van der Waals surface area contributed by atoms with Gasteiger partial charge in [-0.3, -0.25) is 14.6 Å². The van der Waals surface area contributed by atoms with E-state index in [1.807, 2.05) is 17.5 Å². The molecule has 0 unspecified atom stereocenters. The second kappa shape index (κ2) is 9.18. The summed E-state index contributed by atoms with van der Waals surface area (Å²) in [6.45, 7) is 2.16. The number of benzene rings is 1. The highest BCUT2D eigenvalue weighted by molar-refractivity contribution is 7.13. The number of halogens is 1. The first-order chi connectivity index (χ1) is 13.5. The number of aryl methyl sites for hydroxylation is 1. The van der Waals surface area contributed by atoms with E-state index in [-0.39, 0.29) is 36.9 Å². The standard InChI is InChI=1S/C20H19FN4O2S/c1-13-4-5-14(9-17(13)21)19(27)24-8-7-23-18(26)10-16-12-28-20(25-16)15-3-2-6-22-11-15/h2-6,9,11-12H,7-8,10H2,1H3,(H,23,26)(H,24,27). The molecule has 144 valence electrons. The number of hydrogen-bond acceptors (Lipinski definition) is 5. The number of aromatic nitrogens is 2. The predicted molar refractivity (Wildman–Crippen MR) is 106 cm³/mol. The highest BCUT2D eigenvalue weighted by Gasteiger charge is 2.10. The average Bonchev–Trinajstić information content (AvgIpc) is 3.16. The minimum Gasteiger partial charge on any atom is -0.354 e. The van der Waals surface area contributed by atoms with E-state index in [4.69, 9.17) is 0 Å². The molecule has 0 fully saturated rings. The maximum Gasteiger partial charge on any atom is 0.251 e. The van der Waals surface area contributed by atoms with E-state index < -0.39 is 5.82 Å². The quantitative estimate of drug-likeness (QED) is 0.600. The molecule has 1 aromatic carbocycles. The number of pyridine rings is 1. The first-order valence-electron chi connectivity index (χ1n) is 8.69. The lowest BCUT2D eigenvalue weighted by Crippen LogP contribution is -2.35. The van der Waals surface area contributed by atoms with E-state index in [9.17, 15) is 14.0 Å². The third kappa shape index (κ3) is 5.20. The van der Waals surface area contributed by atoms with Gasteiger partial charge in [0.1, 0.15) is 10.8 Å². The molecule has 2 N–H and O–H groups in total. The normalized spacial score (nSPS) is 10.5. The summed E-state index contributed by atoms with van der Waals surface area (Å²) < 4.78 is 13.5. The Labute approximate surface area is 165 Å². The van der Waals surface area contributed by atoms with Crippen LogP contribution in [0.25, 0.3) is 10.6 Å². The van der Waals surface area contributed by atoms with Crippen molar-refractivity contribution in [2.24, 2.45) is 0 Å². The summed E-state index contributed by atoms with van der Waals surface area (Å²) in [5.74, 6) is -0.984. The Bertz CT molecular complexity index is 975. The van der Waals surface area contributed by atoms with Crippen LogP contribution in [-0.4, -0.2) is 34.9 Å². The van der Waals surface area contributed by atoms with Gasteiger partial charge in [-0.2, -0.15) is 0 Å². The third-order valence-electron chi connectivity index (χ3n) is 3.97. The number of thiazole rings is 1. The fraction of sp³-hybridized carbons (Fsp3) is 0.200. The number of carbonyl (C=O) groups is 2. The van der Waals surface area contributed by atoms with Crippen molar-refractivity contribution in [1.29, 1.82) is 0 Å². The molecular formula is C20H19FN4O2S. The third-order valence-corrected chi connectivity index (χ3v) is 4.91. The Kier molecular flexibility index (Phi) is 6.44. The number of rotatable bonds is 7. The van der Waals surface area contributed by atoms with Crippen LogP contribution in [0, 0.1) is 12.7 Å². The van der Waals surface area contributed by atoms with Gasteiger partial charge in [0.05, 0.1) is 12.1 Å². The molecule has 0 saturated carbocycles. The van der Waals surface area contributed by atoms with Gasteiger partial charge in [-0.05, 0) is 36.8 Å². The van der Waals surface area contributed by atoms with Crippen LogP contribution in [0.4, 0.5) is 4.39 Å². The zero-order valence-corrected chi connectivity index (χ0v) is 16.1. The van der Waals surface area contributed by atoms with Gasteiger partial charge in [-0.15, -0.1) is 11.3 Å². The topological polar surface area (TPSA) is 84.0 Å². The fourth-order valence-electron chi connectivity index (χ4n) is 2.45. The zero-order valence-electron chi connectivity index (χ0n) is 15.2. The van der Waals surface area contributed by atoms with Crippen molar-refractivity contribution in [2.75, 3.05) is 13.1 Å². The summed E-state index contributed by atoms with van der Waals surface area (Å²) in [4.78, 5) is 32.5. The Morgan fingerprint density at radius 3 is 2.75 bits per heavy atom. The Balaban J connectivity index is 1.42. The van der Waals surface area contributed by atoms with Crippen LogP contribution in [0.2, 0.25) is 0 Å². The monoisotopic (exact) mass is 398 g/mol. The van der Waals surface area contributed by atoms with Crippen LogP contribution >= 0.6 is 11.3 Å². The van der Waals surface area contributed by atoms with Crippen LogP contribution in [0.1, 0.15) is 21.6 Å². The second-order valence-electron chi connectivity index (χ2n) is 6.13. The molecule has 8 heteroatoms. The van der Waals surface area contributed by atoms with Crippen LogP contribution in [-0.2, 0) is 11.2 Å². The van der Waals surface area contributed by atoms with Crippen LogP contribution < -0.4 is 10.6 Å². The van der Waals surface area contributed by atoms with E-state index in [0.717, 1.165) is 10.6 Å². The molecule has 2 aromatic heterocycles. The van der Waals surface area contributed by atoms with E-state index in [1.165, 1.54) is 17.4 Å². The summed E-state index contributed by atoms with van der Waals surface area (Å²) in [6, 6.07) is 8.07. The van der Waals surface area contributed by atoms with Gasteiger partial charge in [0.15, 0.2) is 0 Å². The minimum absolute atomic E-state index is 0.161. The summed E-state index contributed by atoms with van der Waals surface area (Å²) in [6.07, 6.45) is 3.58. The van der Waals surface area contributed by atoms with Gasteiger partial charge < -0.3 is 10.6 Å². The lowest BCUT2D eigenvalue weighted by Gasteiger charge is -2.07. The molecule has 28 heavy (non-hydrogen) atoms. The number of carbonyl (C=O) groups excluding carboxylic acids is 2. The number of amides is 2. The molecule has 0 radical (unpaired) electrons. The molecule has 0 bridgehead atoms. The Morgan fingerprint density at radius 1 is 1.18 bits per heavy atom. The lowest BCUT2D eigenvalue weighted by molar-refractivity contribution is -0.120. The highest BCUT2D eigenvalue weighted by atomic mass is 32.1. The molecule has 0 aliphatic carbocycles. The van der Waals surface area contributed by atoms with E-state index in [2.05, 4.69) is 20.6 Å². The maximum atomic E-state index is 13.5. The molecule has 2 amide bonds. The van der Waals surface area contributed by atoms with E-state index >= 15 is 0 Å². The molecule has 3 aromatic rings. The molecule has 0 spiro atoms. The lowest BCUT2D eigenvalue weighted by atomic mass is 10.1. The molecule has 0 aliphatic rings. The van der Waals surface area contributed by atoms with Crippen molar-refractivity contribution < 1.29 is 14.0 Å². The van der Waals surface area contributed by atoms with Gasteiger partial charge in [-0.25, -0.2) is 9.37 Å². The van der Waals surface area contributed by atoms with Crippen LogP contribution in [0.3, 0.4) is 0 Å². The number of hydrogen-bond donors (Lipinski definition) is 2. The van der Waals surface area contributed by atoms with Gasteiger partial charge in [0.2, 0.25) is 5.91 Å². The first kappa shape index (κ1) is 19.6. The molecule has 6 nitrogen and oxygen atoms in total. The van der Waals surface area contributed by atoms with Gasteiger partial charge in [0, 0.05) is 42.0 Å². The Hall–Kier alpha value is -3.13. The highest BCUT2D eigenvalue weighted by Crippen LogP contribution is 2.22. The summed E-state index contributed by atoms with van der Waals surface area (Å²) in [5, 5.41) is 8.04. The van der Waals surface area contributed by atoms with Gasteiger partial charge in [-0.1, -0.05) is 6.07 Å². The van der Waals surface area contributed by atoms with E-state index in [0.29, 0.717) is 11.3 Å². The summed E-state index contributed by atoms with van der Waals surface area (Å²) in [5.41, 5.74) is 2.33. The largest absolute Gasteiger partial charge is 0.354 e. The van der Waals surface area contributed by atoms with Crippen molar-refractivity contribution in [3.63, 3.8) is 0 Å². The molecule has 2 heterocycles. The summed E-state index contributed by atoms with van der Waals surface area (Å²) in [7, 11) is 0. The van der Waals surface area contributed by atoms with Gasteiger partial charge >= 0.3 is 0 Å². The van der Waals surface area contributed by atoms with Crippen molar-refractivity contribution in [3.8, 4) is 10.6 Å². The first-order valence-corrected chi connectivity index (χ1v) is 9.57. The van der Waals surface area contributed by atoms with Crippen LogP contribution in [0.5, 0.6) is 0 Å². The van der Waals surface area contributed by atoms with Gasteiger partial charge in [0.25, 0.3) is 5.91 Å². The number of nitrogens with one attached hydrogen (secondary N) is 2. The fourth-order valence-corrected chi connectivity index (χ4v) is 3.26. The maximum absolute atomic E-state index is 13.5. The van der Waals surface area contributed by atoms with Crippen molar-refractivity contribution in [1.82, 2.24) is 20.6 Å². The van der Waals surface area contributed by atoms with Crippen molar-refractivity contribution in [2.45, 2.75) is 13.3 Å². The van der Waals surface area contributed by atoms with Crippen LogP contribution in [0.15, 0.2) is 48.1 Å². The second-order valence-corrected chi connectivity index (χ2v) is 6.99. The molecule has 0 aliphatic heterocycles. The average molecular weight is 398 g/mol. The minimum atomic E-state index is -0.421. The number of nitrogens with zero attached hydrogens (tertiary/aromatic N) is 2. The molecular weight excluding hydrogens is 379 g/mol. The smallest absolute Gasteiger partial charge is 0.251 e.